The molecule has 0 radical (unpaired) electrons. The molecule has 120 valence electrons. The average molecular weight is 337 g/mol. The quantitative estimate of drug-likeness (QED) is 0.613. The number of ketones is 2. The zero-order valence-electron chi connectivity index (χ0n) is 13.3. The Hall–Kier alpha value is -0.220. The molecule has 0 aromatic carbocycles. The summed E-state index contributed by atoms with van der Waals surface area (Å²) in [7, 11) is 0. The Balaban J connectivity index is 1.62. The molecule has 0 spiro atoms. The van der Waals surface area contributed by atoms with Gasteiger partial charge >= 0.3 is 0 Å². The van der Waals surface area contributed by atoms with E-state index in [4.69, 9.17) is 0 Å². The Labute approximate surface area is 141 Å². The lowest BCUT2D eigenvalue weighted by atomic mass is 9.79. The molecule has 4 aliphatic rings. The van der Waals surface area contributed by atoms with E-state index >= 15 is 0 Å². The molecule has 6 unspecified atom stereocenters. The summed E-state index contributed by atoms with van der Waals surface area (Å²) in [6, 6.07) is 0. The predicted octanol–water partition coefficient (Wildman–Crippen LogP) is 4.44. The minimum atomic E-state index is 0.186. The second kappa shape index (κ2) is 5.70. The van der Waals surface area contributed by atoms with Crippen LogP contribution in [0, 0.1) is 23.7 Å². The maximum Gasteiger partial charge on any atom is 0.174 e. The van der Waals surface area contributed by atoms with Gasteiger partial charge < -0.3 is 0 Å². The van der Waals surface area contributed by atoms with E-state index in [1.807, 2.05) is 0 Å². The number of carbonyl (C=O) groups is 2. The van der Waals surface area contributed by atoms with Crippen LogP contribution in [0.4, 0.5) is 0 Å². The zero-order chi connectivity index (χ0) is 15.4. The van der Waals surface area contributed by atoms with Gasteiger partial charge in [-0.15, -0.1) is 23.5 Å². The highest BCUT2D eigenvalue weighted by Crippen LogP contribution is 2.55. The van der Waals surface area contributed by atoms with Gasteiger partial charge in [-0.05, 0) is 50.4 Å². The average Bonchev–Trinajstić information content (AvgIpc) is 2.98. The predicted molar refractivity (Wildman–Crippen MR) is 92.8 cm³/mol. The molecule has 2 heterocycles. The first-order valence-corrected chi connectivity index (χ1v) is 10.5. The topological polar surface area (TPSA) is 34.1 Å². The fourth-order valence-electron chi connectivity index (χ4n) is 4.63. The Morgan fingerprint density at radius 1 is 0.727 bits per heavy atom. The number of fused-ring (bicyclic) bond motifs is 2. The van der Waals surface area contributed by atoms with Crippen LogP contribution in [0.1, 0.15) is 52.4 Å². The SMILES string of the molecule is CC1CCC2S/C(=C3/SC4CCC(C)CC4C3=O)C(=O)C2C1. The number of hydrogen-bond acceptors (Lipinski definition) is 4. The lowest BCUT2D eigenvalue weighted by Crippen LogP contribution is -2.27. The molecule has 2 nitrogen and oxygen atoms in total. The van der Waals surface area contributed by atoms with Crippen molar-refractivity contribution in [3.05, 3.63) is 9.81 Å². The smallest absolute Gasteiger partial charge is 0.174 e. The summed E-state index contributed by atoms with van der Waals surface area (Å²) in [5, 5.41) is 0.891. The first kappa shape index (κ1) is 15.3. The molecule has 2 saturated heterocycles. The molecule has 4 fully saturated rings. The van der Waals surface area contributed by atoms with Crippen molar-refractivity contribution in [1.29, 1.82) is 0 Å². The third-order valence-electron chi connectivity index (χ3n) is 5.96. The van der Waals surface area contributed by atoms with Crippen molar-refractivity contribution >= 4 is 35.1 Å². The molecular formula is C18H24O2S2. The summed E-state index contributed by atoms with van der Waals surface area (Å²) in [5.74, 6) is 2.28. The van der Waals surface area contributed by atoms with Crippen LogP contribution in [-0.4, -0.2) is 22.1 Å². The Bertz CT molecular complexity index is 505. The minimum Gasteiger partial charge on any atom is -0.293 e. The van der Waals surface area contributed by atoms with Crippen LogP contribution in [0.3, 0.4) is 0 Å². The van der Waals surface area contributed by atoms with Crippen molar-refractivity contribution in [2.24, 2.45) is 23.7 Å². The molecule has 0 aromatic heterocycles. The Morgan fingerprint density at radius 3 is 1.55 bits per heavy atom. The summed E-state index contributed by atoms with van der Waals surface area (Å²) >= 11 is 3.48. The second-order valence-electron chi connectivity index (χ2n) is 7.75. The Kier molecular flexibility index (Phi) is 3.97. The van der Waals surface area contributed by atoms with Gasteiger partial charge in [0.1, 0.15) is 0 Å². The normalized spacial score (nSPS) is 48.5. The summed E-state index contributed by atoms with van der Waals surface area (Å²) in [6.07, 6.45) is 6.79. The highest BCUT2D eigenvalue weighted by Gasteiger charge is 2.49. The van der Waals surface area contributed by atoms with E-state index in [9.17, 15) is 9.59 Å². The van der Waals surface area contributed by atoms with Crippen LogP contribution < -0.4 is 0 Å². The van der Waals surface area contributed by atoms with E-state index in [1.165, 1.54) is 12.8 Å². The molecule has 22 heavy (non-hydrogen) atoms. The molecule has 4 heteroatoms. The summed E-state index contributed by atoms with van der Waals surface area (Å²) < 4.78 is 0. The van der Waals surface area contributed by atoms with E-state index in [0.29, 0.717) is 33.9 Å². The highest BCUT2D eigenvalue weighted by atomic mass is 32.2. The minimum absolute atomic E-state index is 0.186. The van der Waals surface area contributed by atoms with Gasteiger partial charge in [0.25, 0.3) is 0 Å². The molecule has 0 amide bonds. The maximum absolute atomic E-state index is 12.8. The molecule has 0 aromatic rings. The molecule has 0 N–H and O–H groups in total. The number of thioether (sulfide) groups is 2. The van der Waals surface area contributed by atoms with Crippen molar-refractivity contribution in [3.63, 3.8) is 0 Å². The third kappa shape index (κ3) is 2.41. The van der Waals surface area contributed by atoms with Gasteiger partial charge in [-0.2, -0.15) is 0 Å². The van der Waals surface area contributed by atoms with Gasteiger partial charge in [-0.25, -0.2) is 0 Å². The number of rotatable bonds is 0. The number of hydrogen-bond donors (Lipinski definition) is 0. The fourth-order valence-corrected chi connectivity index (χ4v) is 7.78. The second-order valence-corrected chi connectivity index (χ2v) is 10.2. The van der Waals surface area contributed by atoms with E-state index in [0.717, 1.165) is 35.5 Å². The van der Waals surface area contributed by atoms with Crippen molar-refractivity contribution in [1.82, 2.24) is 0 Å². The standard InChI is InChI=1S/C18H24O2S2/c1-9-3-5-13-11(7-9)15(19)17(21-13)18-16(20)12-8-10(2)4-6-14(12)22-18/h9-14H,3-8H2,1-2H3/b18-17+. The largest absolute Gasteiger partial charge is 0.293 e. The van der Waals surface area contributed by atoms with E-state index < -0.39 is 0 Å². The van der Waals surface area contributed by atoms with Gasteiger partial charge in [-0.1, -0.05) is 13.8 Å². The molecule has 0 bridgehead atoms. The van der Waals surface area contributed by atoms with Crippen molar-refractivity contribution in [2.75, 3.05) is 0 Å². The van der Waals surface area contributed by atoms with Crippen LogP contribution in [0.25, 0.3) is 0 Å². The molecule has 6 atom stereocenters. The van der Waals surface area contributed by atoms with Gasteiger partial charge in [0.15, 0.2) is 11.6 Å². The van der Waals surface area contributed by atoms with Crippen LogP contribution >= 0.6 is 23.5 Å². The van der Waals surface area contributed by atoms with Crippen LogP contribution in [0.2, 0.25) is 0 Å². The van der Waals surface area contributed by atoms with Gasteiger partial charge in [-0.3, -0.25) is 9.59 Å². The van der Waals surface area contributed by atoms with Crippen LogP contribution in [0.5, 0.6) is 0 Å². The monoisotopic (exact) mass is 336 g/mol. The summed E-state index contributed by atoms with van der Waals surface area (Å²) in [6.45, 7) is 4.51. The first-order chi connectivity index (χ1) is 10.5. The van der Waals surface area contributed by atoms with E-state index in [-0.39, 0.29) is 11.8 Å². The van der Waals surface area contributed by atoms with E-state index in [2.05, 4.69) is 13.8 Å². The number of carbonyl (C=O) groups excluding carboxylic acids is 2. The fraction of sp³-hybridized carbons (Fsp3) is 0.778. The molecular weight excluding hydrogens is 312 g/mol. The lowest BCUT2D eigenvalue weighted by molar-refractivity contribution is -0.121. The Morgan fingerprint density at radius 2 is 1.14 bits per heavy atom. The summed E-state index contributed by atoms with van der Waals surface area (Å²) in [4.78, 5) is 27.4. The molecule has 2 aliphatic heterocycles. The molecule has 2 aliphatic carbocycles. The first-order valence-electron chi connectivity index (χ1n) is 8.70. The third-order valence-corrected chi connectivity index (χ3v) is 9.11. The van der Waals surface area contributed by atoms with Crippen molar-refractivity contribution < 1.29 is 9.59 Å². The highest BCUT2D eigenvalue weighted by molar-refractivity contribution is 8.09. The van der Waals surface area contributed by atoms with Gasteiger partial charge in [0.05, 0.1) is 9.81 Å². The summed E-state index contributed by atoms with van der Waals surface area (Å²) in [5.41, 5.74) is 0. The number of allylic oxidation sites excluding steroid dienone is 2. The maximum atomic E-state index is 12.8. The molecule has 2 saturated carbocycles. The van der Waals surface area contributed by atoms with Gasteiger partial charge in [0, 0.05) is 22.3 Å². The lowest BCUT2D eigenvalue weighted by Gasteiger charge is -2.27. The van der Waals surface area contributed by atoms with Crippen LogP contribution in [0.15, 0.2) is 9.81 Å². The van der Waals surface area contributed by atoms with Gasteiger partial charge in [0.2, 0.25) is 0 Å². The molecule has 4 rings (SSSR count). The van der Waals surface area contributed by atoms with Crippen molar-refractivity contribution in [3.8, 4) is 0 Å². The number of Topliss-reactive ketones (excluding diaryl/α,β-unsaturated/α-hetero) is 2. The van der Waals surface area contributed by atoms with Crippen LogP contribution in [-0.2, 0) is 9.59 Å². The zero-order valence-corrected chi connectivity index (χ0v) is 15.0. The van der Waals surface area contributed by atoms with E-state index in [1.54, 1.807) is 23.5 Å². The van der Waals surface area contributed by atoms with Crippen molar-refractivity contribution in [2.45, 2.75) is 62.9 Å².